The van der Waals surface area contributed by atoms with Gasteiger partial charge in [-0.1, -0.05) is 27.7 Å². The minimum Gasteiger partial charge on any atom is -0.364 e. The largest absolute Gasteiger partial charge is 0.364 e. The van der Waals surface area contributed by atoms with E-state index in [1.54, 1.807) is 6.92 Å². The summed E-state index contributed by atoms with van der Waals surface area (Å²) in [5.74, 6) is 3.65. The Hall–Kier alpha value is -0.650. The summed E-state index contributed by atoms with van der Waals surface area (Å²) in [5, 5.41) is 18.5. The zero-order chi connectivity index (χ0) is 24.0. The van der Waals surface area contributed by atoms with Gasteiger partial charge < -0.3 is 20.5 Å². The van der Waals surface area contributed by atoms with Crippen molar-refractivity contribution < 1.29 is 14.6 Å². The van der Waals surface area contributed by atoms with Crippen LogP contribution >= 0.6 is 0 Å². The lowest BCUT2D eigenvalue weighted by Gasteiger charge is -2.62. The van der Waals surface area contributed by atoms with Crippen molar-refractivity contribution in [2.75, 3.05) is 6.54 Å². The summed E-state index contributed by atoms with van der Waals surface area (Å²) in [5.41, 5.74) is 0.747. The molecular formula is C29H48N2O3. The van der Waals surface area contributed by atoms with Gasteiger partial charge in [0.15, 0.2) is 5.79 Å². The summed E-state index contributed by atoms with van der Waals surface area (Å²) in [6.07, 6.45) is 11.0. The van der Waals surface area contributed by atoms with Crippen LogP contribution in [0.15, 0.2) is 0 Å². The van der Waals surface area contributed by atoms with Gasteiger partial charge in [0.2, 0.25) is 5.91 Å². The van der Waals surface area contributed by atoms with Crippen molar-refractivity contribution >= 4 is 5.91 Å². The molecule has 5 nitrogen and oxygen atoms in total. The summed E-state index contributed by atoms with van der Waals surface area (Å²) in [4.78, 5) is 11.7. The average molecular weight is 473 g/mol. The second-order valence-corrected chi connectivity index (χ2v) is 14.2. The van der Waals surface area contributed by atoms with E-state index in [1.165, 1.54) is 38.5 Å². The Bertz CT molecular complexity index is 834. The number of carbonyl (C=O) groups excluding carboxylic acids is 1. The van der Waals surface area contributed by atoms with Crippen LogP contribution in [0.5, 0.6) is 0 Å². The van der Waals surface area contributed by atoms with Gasteiger partial charge >= 0.3 is 0 Å². The number of ether oxygens (including phenoxy) is 1. The van der Waals surface area contributed by atoms with Crippen LogP contribution in [0.25, 0.3) is 0 Å². The Balaban J connectivity index is 1.25. The number of piperidine rings is 1. The number of rotatable bonds is 1. The highest BCUT2D eigenvalue weighted by Crippen LogP contribution is 2.70. The lowest BCUT2D eigenvalue weighted by Crippen LogP contribution is -2.68. The molecule has 0 bridgehead atoms. The molecule has 34 heavy (non-hydrogen) atoms. The number of hydrogen-bond acceptors (Lipinski definition) is 4. The van der Waals surface area contributed by atoms with Crippen molar-refractivity contribution in [2.24, 2.45) is 52.3 Å². The molecule has 5 heteroatoms. The third-order valence-electron chi connectivity index (χ3n) is 12.4. The zero-order valence-corrected chi connectivity index (χ0v) is 22.1. The predicted molar refractivity (Wildman–Crippen MR) is 133 cm³/mol. The van der Waals surface area contributed by atoms with E-state index in [-0.39, 0.29) is 18.1 Å². The van der Waals surface area contributed by atoms with Crippen molar-refractivity contribution in [3.8, 4) is 0 Å². The number of fused-ring (bicyclic) bond motifs is 8. The topological polar surface area (TPSA) is 70.6 Å². The molecule has 2 heterocycles. The Kier molecular flexibility index (Phi) is 5.53. The van der Waals surface area contributed by atoms with Crippen molar-refractivity contribution in [2.45, 2.75) is 116 Å². The molecule has 6 rings (SSSR count). The summed E-state index contributed by atoms with van der Waals surface area (Å²) in [6.45, 7) is 12.5. The van der Waals surface area contributed by atoms with Gasteiger partial charge in [0, 0.05) is 19.4 Å². The van der Waals surface area contributed by atoms with Gasteiger partial charge in [0.1, 0.15) is 0 Å². The maximum atomic E-state index is 11.7. The fraction of sp³-hybridized carbons (Fsp3) is 0.966. The molecule has 13 atom stereocenters. The molecule has 3 N–H and O–H groups in total. The van der Waals surface area contributed by atoms with E-state index >= 15 is 0 Å². The van der Waals surface area contributed by atoms with Gasteiger partial charge in [-0.2, -0.15) is 0 Å². The molecule has 0 aromatic heterocycles. The van der Waals surface area contributed by atoms with E-state index in [4.69, 9.17) is 4.74 Å². The highest BCUT2D eigenvalue weighted by molar-refractivity contribution is 5.73. The smallest absolute Gasteiger partial charge is 0.217 e. The molecule has 0 aromatic rings. The molecule has 192 valence electrons. The number of carbonyl (C=O) groups is 1. The zero-order valence-electron chi connectivity index (χ0n) is 22.1. The van der Waals surface area contributed by atoms with Crippen LogP contribution in [0.1, 0.15) is 92.4 Å². The first-order chi connectivity index (χ1) is 16.0. The minimum atomic E-state index is -0.993. The molecule has 2 saturated heterocycles. The first-order valence-electron chi connectivity index (χ1n) is 14.5. The van der Waals surface area contributed by atoms with Crippen LogP contribution in [0, 0.1) is 52.3 Å². The highest BCUT2D eigenvalue weighted by atomic mass is 16.6. The number of hydrogen-bond donors (Lipinski definition) is 3. The van der Waals surface area contributed by atoms with E-state index < -0.39 is 5.79 Å². The maximum Gasteiger partial charge on any atom is 0.217 e. The van der Waals surface area contributed by atoms with Crippen LogP contribution in [0.3, 0.4) is 0 Å². The Morgan fingerprint density at radius 2 is 1.79 bits per heavy atom. The van der Waals surface area contributed by atoms with Gasteiger partial charge in [-0.25, -0.2) is 0 Å². The van der Waals surface area contributed by atoms with Crippen LogP contribution in [-0.4, -0.2) is 41.5 Å². The molecule has 4 aliphatic carbocycles. The Morgan fingerprint density at radius 1 is 1.03 bits per heavy atom. The van der Waals surface area contributed by atoms with E-state index in [1.807, 2.05) is 0 Å². The fourth-order valence-electron chi connectivity index (χ4n) is 11.1. The molecule has 0 aromatic carbocycles. The quantitative estimate of drug-likeness (QED) is 0.526. The summed E-state index contributed by atoms with van der Waals surface area (Å²) >= 11 is 0. The Morgan fingerprint density at radius 3 is 2.56 bits per heavy atom. The van der Waals surface area contributed by atoms with Crippen molar-refractivity contribution in [3.05, 3.63) is 0 Å². The number of nitrogens with one attached hydrogen (secondary N) is 2. The molecule has 6 fully saturated rings. The normalized spacial score (nSPS) is 58.5. The van der Waals surface area contributed by atoms with Gasteiger partial charge in [0.25, 0.3) is 0 Å². The summed E-state index contributed by atoms with van der Waals surface area (Å²) in [6, 6.07) is 0.444. The summed E-state index contributed by atoms with van der Waals surface area (Å²) in [7, 11) is 0. The second-order valence-electron chi connectivity index (χ2n) is 14.2. The van der Waals surface area contributed by atoms with Crippen molar-refractivity contribution in [3.63, 3.8) is 0 Å². The molecule has 0 spiro atoms. The maximum absolute atomic E-state index is 11.7. The Labute approximate surface area is 206 Å². The van der Waals surface area contributed by atoms with Crippen LogP contribution in [0.2, 0.25) is 0 Å². The molecule has 2 aliphatic heterocycles. The first kappa shape index (κ1) is 23.7. The van der Waals surface area contributed by atoms with Gasteiger partial charge in [-0.3, -0.25) is 4.79 Å². The molecule has 6 aliphatic rings. The lowest BCUT2D eigenvalue weighted by atomic mass is 9.44. The number of amides is 1. The van der Waals surface area contributed by atoms with Crippen molar-refractivity contribution in [1.29, 1.82) is 0 Å². The van der Waals surface area contributed by atoms with Crippen molar-refractivity contribution in [1.82, 2.24) is 10.6 Å². The third-order valence-corrected chi connectivity index (χ3v) is 12.4. The molecule has 0 radical (unpaired) electrons. The van der Waals surface area contributed by atoms with Gasteiger partial charge in [-0.05, 0) is 110 Å². The average Bonchev–Trinajstić information content (AvgIpc) is 3.04. The van der Waals surface area contributed by atoms with E-state index in [2.05, 4.69) is 38.3 Å². The first-order valence-corrected chi connectivity index (χ1v) is 14.5. The SMILES string of the molecule is CC(=O)NC1CCC2(C)C(CCC3C2CCC2(C)C3CC3OC4(O)CC(C)CNC4C(C)C32)C1. The van der Waals surface area contributed by atoms with E-state index in [0.29, 0.717) is 34.6 Å². The van der Waals surface area contributed by atoms with Crippen LogP contribution < -0.4 is 10.6 Å². The molecule has 13 unspecified atom stereocenters. The van der Waals surface area contributed by atoms with Gasteiger partial charge in [0.05, 0.1) is 12.1 Å². The standard InChI is InChI=1S/C29H48N2O3/c1-16-14-29(33)26(30-15-16)17(2)25-24(34-29)13-23-21-7-6-19-12-20(31-18(3)32)8-10-27(19,4)22(21)9-11-28(23,25)5/h16-17,19-26,30,33H,6-15H2,1-5H3,(H,31,32). The lowest BCUT2D eigenvalue weighted by molar-refractivity contribution is -0.310. The fourth-order valence-corrected chi connectivity index (χ4v) is 11.1. The van der Waals surface area contributed by atoms with Gasteiger partial charge in [-0.15, -0.1) is 0 Å². The molecular weight excluding hydrogens is 424 g/mol. The van der Waals surface area contributed by atoms with Crippen LogP contribution in [-0.2, 0) is 9.53 Å². The van der Waals surface area contributed by atoms with E-state index in [9.17, 15) is 9.90 Å². The minimum absolute atomic E-state index is 0.0653. The monoisotopic (exact) mass is 472 g/mol. The highest BCUT2D eigenvalue weighted by Gasteiger charge is 2.67. The van der Waals surface area contributed by atoms with E-state index in [0.717, 1.165) is 49.5 Å². The molecule has 1 amide bonds. The third kappa shape index (κ3) is 3.31. The second kappa shape index (κ2) is 7.92. The predicted octanol–water partition coefficient (Wildman–Crippen LogP) is 4.48. The van der Waals surface area contributed by atoms with Crippen LogP contribution in [0.4, 0.5) is 0 Å². The number of aliphatic hydroxyl groups is 1. The molecule has 4 saturated carbocycles. The summed E-state index contributed by atoms with van der Waals surface area (Å²) < 4.78 is 6.72.